The van der Waals surface area contributed by atoms with Crippen LogP contribution in [0, 0.1) is 6.92 Å². The van der Waals surface area contributed by atoms with Crippen LogP contribution in [0.3, 0.4) is 0 Å². The second kappa shape index (κ2) is 8.63. The molecule has 1 aliphatic rings. The minimum Gasteiger partial charge on any atom is -0.491 e. The van der Waals surface area contributed by atoms with E-state index in [1.54, 1.807) is 0 Å². The Labute approximate surface area is 132 Å². The van der Waals surface area contributed by atoms with Gasteiger partial charge in [0.15, 0.2) is 0 Å². The van der Waals surface area contributed by atoms with Crippen molar-refractivity contribution in [3.8, 4) is 5.75 Å². The van der Waals surface area contributed by atoms with Crippen molar-refractivity contribution >= 4 is 6.03 Å². The van der Waals surface area contributed by atoms with E-state index in [1.807, 2.05) is 31.2 Å². The minimum atomic E-state index is -0.725. The number of rotatable bonds is 6. The number of aliphatic hydroxyl groups excluding tert-OH is 1. The topological polar surface area (TPSA) is 70.6 Å². The molecular formula is C17H26N2O3. The average molecular weight is 306 g/mol. The molecule has 0 radical (unpaired) electrons. The molecule has 0 aromatic heterocycles. The third-order valence-electron chi connectivity index (χ3n) is 3.96. The fraction of sp³-hybridized carbons (Fsp3) is 0.588. The zero-order valence-electron chi connectivity index (χ0n) is 13.2. The number of aryl methyl sites for hydroxylation is 1. The van der Waals surface area contributed by atoms with E-state index in [0.29, 0.717) is 0 Å². The van der Waals surface area contributed by atoms with Gasteiger partial charge in [0.05, 0.1) is 0 Å². The van der Waals surface area contributed by atoms with Crippen molar-refractivity contribution in [3.63, 3.8) is 0 Å². The standard InChI is InChI=1S/C17H26N2O3/c1-13-7-5-6-10-16(13)22-12-15(20)11-18-17(21)19-14-8-3-2-4-9-14/h5-7,10,14-15,20H,2-4,8-9,11-12H2,1H3,(H2,18,19,21). The van der Waals surface area contributed by atoms with Gasteiger partial charge >= 0.3 is 6.03 Å². The molecule has 22 heavy (non-hydrogen) atoms. The SMILES string of the molecule is Cc1ccccc1OCC(O)CNC(=O)NC1CCCCC1. The van der Waals surface area contributed by atoms with E-state index >= 15 is 0 Å². The summed E-state index contributed by atoms with van der Waals surface area (Å²) in [6.07, 6.45) is 4.99. The summed E-state index contributed by atoms with van der Waals surface area (Å²) >= 11 is 0. The summed E-state index contributed by atoms with van der Waals surface area (Å²) in [5.74, 6) is 0.758. The molecule has 1 atom stereocenters. The third-order valence-corrected chi connectivity index (χ3v) is 3.96. The van der Waals surface area contributed by atoms with Crippen LogP contribution in [0.15, 0.2) is 24.3 Å². The van der Waals surface area contributed by atoms with Crippen LogP contribution in [0.2, 0.25) is 0 Å². The molecule has 1 aromatic carbocycles. The lowest BCUT2D eigenvalue weighted by atomic mass is 9.96. The van der Waals surface area contributed by atoms with Crippen molar-refractivity contribution in [3.05, 3.63) is 29.8 Å². The first-order valence-corrected chi connectivity index (χ1v) is 8.06. The first-order chi connectivity index (χ1) is 10.6. The van der Waals surface area contributed by atoms with Crippen molar-refractivity contribution in [2.45, 2.75) is 51.2 Å². The van der Waals surface area contributed by atoms with Crippen LogP contribution >= 0.6 is 0 Å². The molecule has 1 aliphatic carbocycles. The smallest absolute Gasteiger partial charge is 0.315 e. The molecule has 2 amide bonds. The van der Waals surface area contributed by atoms with E-state index < -0.39 is 6.10 Å². The highest BCUT2D eigenvalue weighted by molar-refractivity contribution is 5.74. The molecule has 122 valence electrons. The monoisotopic (exact) mass is 306 g/mol. The zero-order chi connectivity index (χ0) is 15.8. The Balaban J connectivity index is 1.63. The van der Waals surface area contributed by atoms with Crippen molar-refractivity contribution < 1.29 is 14.6 Å². The third kappa shape index (κ3) is 5.56. The molecule has 1 unspecified atom stereocenters. The molecule has 0 saturated heterocycles. The number of carbonyl (C=O) groups excluding carboxylic acids is 1. The zero-order valence-corrected chi connectivity index (χ0v) is 13.2. The van der Waals surface area contributed by atoms with Crippen LogP contribution in [0.25, 0.3) is 0 Å². The van der Waals surface area contributed by atoms with Gasteiger partial charge in [-0.25, -0.2) is 4.79 Å². The number of amides is 2. The number of aliphatic hydroxyl groups is 1. The lowest BCUT2D eigenvalue weighted by Crippen LogP contribution is -2.45. The predicted octanol–water partition coefficient (Wildman–Crippen LogP) is 2.37. The normalized spacial score (nSPS) is 16.8. The molecular weight excluding hydrogens is 280 g/mol. The lowest BCUT2D eigenvalue weighted by molar-refractivity contribution is 0.107. The Hall–Kier alpha value is -1.75. The number of hydrogen-bond acceptors (Lipinski definition) is 3. The molecule has 0 spiro atoms. The van der Waals surface area contributed by atoms with E-state index in [-0.39, 0.29) is 25.2 Å². The van der Waals surface area contributed by atoms with E-state index in [2.05, 4.69) is 10.6 Å². The van der Waals surface area contributed by atoms with Gasteiger partial charge in [0.1, 0.15) is 18.5 Å². The van der Waals surface area contributed by atoms with Crippen LogP contribution in [0.5, 0.6) is 5.75 Å². The first kappa shape index (κ1) is 16.6. The number of nitrogens with one attached hydrogen (secondary N) is 2. The summed E-state index contributed by atoms with van der Waals surface area (Å²) in [4.78, 5) is 11.8. The molecule has 1 aromatic rings. The number of urea groups is 1. The summed E-state index contributed by atoms with van der Waals surface area (Å²) in [5, 5.41) is 15.5. The highest BCUT2D eigenvalue weighted by Crippen LogP contribution is 2.17. The molecule has 3 N–H and O–H groups in total. The van der Waals surface area contributed by atoms with Gasteiger partial charge in [-0.2, -0.15) is 0 Å². The Morgan fingerprint density at radius 3 is 2.77 bits per heavy atom. The molecule has 0 bridgehead atoms. The van der Waals surface area contributed by atoms with Gasteiger partial charge in [-0.3, -0.25) is 0 Å². The van der Waals surface area contributed by atoms with Crippen LogP contribution in [-0.2, 0) is 0 Å². The Morgan fingerprint density at radius 2 is 2.05 bits per heavy atom. The largest absolute Gasteiger partial charge is 0.491 e. The molecule has 0 aliphatic heterocycles. The molecule has 1 fully saturated rings. The van der Waals surface area contributed by atoms with Crippen LogP contribution in [0.1, 0.15) is 37.7 Å². The van der Waals surface area contributed by atoms with Gasteiger partial charge in [-0.1, -0.05) is 37.5 Å². The van der Waals surface area contributed by atoms with Crippen molar-refractivity contribution in [1.29, 1.82) is 0 Å². The first-order valence-electron chi connectivity index (χ1n) is 8.06. The van der Waals surface area contributed by atoms with Gasteiger partial charge < -0.3 is 20.5 Å². The summed E-state index contributed by atoms with van der Waals surface area (Å²) in [5.41, 5.74) is 1.03. The maximum absolute atomic E-state index is 11.8. The highest BCUT2D eigenvalue weighted by atomic mass is 16.5. The molecule has 5 nitrogen and oxygen atoms in total. The number of benzene rings is 1. The Bertz CT molecular complexity index is 473. The van der Waals surface area contributed by atoms with E-state index in [1.165, 1.54) is 19.3 Å². The summed E-state index contributed by atoms with van der Waals surface area (Å²) in [7, 11) is 0. The highest BCUT2D eigenvalue weighted by Gasteiger charge is 2.16. The number of hydrogen-bond donors (Lipinski definition) is 3. The maximum atomic E-state index is 11.8. The van der Waals surface area contributed by atoms with Crippen molar-refractivity contribution in [1.82, 2.24) is 10.6 Å². The van der Waals surface area contributed by atoms with Gasteiger partial charge in [-0.15, -0.1) is 0 Å². The van der Waals surface area contributed by atoms with E-state index in [0.717, 1.165) is 24.2 Å². The second-order valence-corrected chi connectivity index (χ2v) is 5.92. The quantitative estimate of drug-likeness (QED) is 0.755. The number of para-hydroxylation sites is 1. The Morgan fingerprint density at radius 1 is 1.32 bits per heavy atom. The van der Waals surface area contributed by atoms with Crippen molar-refractivity contribution in [2.24, 2.45) is 0 Å². The minimum absolute atomic E-state index is 0.161. The fourth-order valence-corrected chi connectivity index (χ4v) is 2.66. The van der Waals surface area contributed by atoms with Crippen LogP contribution in [0.4, 0.5) is 4.79 Å². The fourth-order valence-electron chi connectivity index (χ4n) is 2.66. The second-order valence-electron chi connectivity index (χ2n) is 5.92. The lowest BCUT2D eigenvalue weighted by Gasteiger charge is -2.23. The molecule has 2 rings (SSSR count). The molecule has 5 heteroatoms. The van der Waals surface area contributed by atoms with Gasteiger partial charge in [-0.05, 0) is 31.4 Å². The molecule has 1 saturated carbocycles. The molecule has 0 heterocycles. The van der Waals surface area contributed by atoms with Gasteiger partial charge in [0, 0.05) is 12.6 Å². The van der Waals surface area contributed by atoms with Crippen molar-refractivity contribution in [2.75, 3.05) is 13.2 Å². The number of ether oxygens (including phenoxy) is 1. The van der Waals surface area contributed by atoms with E-state index in [9.17, 15) is 9.90 Å². The maximum Gasteiger partial charge on any atom is 0.315 e. The van der Waals surface area contributed by atoms with Gasteiger partial charge in [0.2, 0.25) is 0 Å². The van der Waals surface area contributed by atoms with Crippen LogP contribution < -0.4 is 15.4 Å². The van der Waals surface area contributed by atoms with Crippen LogP contribution in [-0.4, -0.2) is 36.4 Å². The summed E-state index contributed by atoms with van der Waals surface area (Å²) in [6.45, 7) is 2.30. The Kier molecular flexibility index (Phi) is 6.52. The average Bonchev–Trinajstić information content (AvgIpc) is 2.53. The number of carbonyl (C=O) groups is 1. The predicted molar refractivity (Wildman–Crippen MR) is 86.1 cm³/mol. The summed E-state index contributed by atoms with van der Waals surface area (Å²) < 4.78 is 5.56. The summed E-state index contributed by atoms with van der Waals surface area (Å²) in [6, 6.07) is 7.72. The van der Waals surface area contributed by atoms with Gasteiger partial charge in [0.25, 0.3) is 0 Å². The van der Waals surface area contributed by atoms with E-state index in [4.69, 9.17) is 4.74 Å².